The smallest absolute Gasteiger partial charge is 0.224 e. The van der Waals surface area contributed by atoms with Gasteiger partial charge < -0.3 is 10.6 Å². The van der Waals surface area contributed by atoms with Crippen LogP contribution >= 0.6 is 0 Å². The molecule has 2 rings (SSSR count). The summed E-state index contributed by atoms with van der Waals surface area (Å²) < 4.78 is 25.9. The Hall–Kier alpha value is -1.49. The maximum Gasteiger partial charge on any atom is 0.224 e. The molecule has 0 aromatic heterocycles. The van der Waals surface area contributed by atoms with Crippen molar-refractivity contribution in [3.8, 4) is 0 Å². The van der Waals surface area contributed by atoms with Gasteiger partial charge >= 0.3 is 0 Å². The predicted octanol–water partition coefficient (Wildman–Crippen LogP) is 2.01. The summed E-state index contributed by atoms with van der Waals surface area (Å²) in [6.07, 6.45) is 1.08. The first-order valence-corrected chi connectivity index (χ1v) is 6.94. The van der Waals surface area contributed by atoms with Gasteiger partial charge in [0.1, 0.15) is 0 Å². The first-order chi connectivity index (χ1) is 9.47. The van der Waals surface area contributed by atoms with E-state index < -0.39 is 11.6 Å². The maximum atomic E-state index is 13.1. The summed E-state index contributed by atoms with van der Waals surface area (Å²) in [7, 11) is 0. The summed E-state index contributed by atoms with van der Waals surface area (Å²) >= 11 is 0. The molecule has 0 saturated carbocycles. The molecule has 1 saturated heterocycles. The number of rotatable bonds is 3. The molecule has 3 atom stereocenters. The first kappa shape index (κ1) is 14.9. The second kappa shape index (κ2) is 6.31. The number of amides is 1. The molecule has 1 heterocycles. The van der Waals surface area contributed by atoms with Gasteiger partial charge in [0.05, 0.1) is 6.42 Å². The Bertz CT molecular complexity index is 483. The summed E-state index contributed by atoms with van der Waals surface area (Å²) in [4.78, 5) is 12.0. The van der Waals surface area contributed by atoms with E-state index in [0.29, 0.717) is 11.5 Å². The highest BCUT2D eigenvalue weighted by Crippen LogP contribution is 2.16. The monoisotopic (exact) mass is 282 g/mol. The van der Waals surface area contributed by atoms with Gasteiger partial charge in [-0.25, -0.2) is 8.78 Å². The molecule has 0 bridgehead atoms. The van der Waals surface area contributed by atoms with E-state index in [1.54, 1.807) is 0 Å². The number of hydrogen-bond donors (Lipinski definition) is 2. The van der Waals surface area contributed by atoms with Crippen molar-refractivity contribution < 1.29 is 13.6 Å². The molecule has 1 fully saturated rings. The van der Waals surface area contributed by atoms with Crippen molar-refractivity contribution in [1.82, 2.24) is 10.6 Å². The van der Waals surface area contributed by atoms with Crippen LogP contribution in [0.2, 0.25) is 0 Å². The molecule has 3 unspecified atom stereocenters. The number of carbonyl (C=O) groups is 1. The normalized spacial score (nSPS) is 26.3. The zero-order valence-electron chi connectivity index (χ0n) is 11.7. The van der Waals surface area contributed by atoms with E-state index in [1.165, 1.54) is 6.07 Å². The molecule has 0 aliphatic carbocycles. The van der Waals surface area contributed by atoms with Gasteiger partial charge in [0, 0.05) is 12.1 Å². The second-order valence-electron chi connectivity index (χ2n) is 5.53. The van der Waals surface area contributed by atoms with E-state index in [9.17, 15) is 13.6 Å². The highest BCUT2D eigenvalue weighted by molar-refractivity contribution is 5.79. The fourth-order valence-electron chi connectivity index (χ4n) is 2.68. The van der Waals surface area contributed by atoms with Crippen LogP contribution in [-0.4, -0.2) is 24.5 Å². The SMILES string of the molecule is CC1CCNC(C)C1NC(=O)Cc1ccc(F)c(F)c1. The van der Waals surface area contributed by atoms with Crippen LogP contribution in [0.1, 0.15) is 25.8 Å². The Kier molecular flexibility index (Phi) is 4.70. The summed E-state index contributed by atoms with van der Waals surface area (Å²) in [5, 5.41) is 6.31. The average Bonchev–Trinajstić information content (AvgIpc) is 2.38. The Morgan fingerprint density at radius 1 is 1.35 bits per heavy atom. The molecule has 110 valence electrons. The van der Waals surface area contributed by atoms with Gasteiger partial charge in [-0.15, -0.1) is 0 Å². The van der Waals surface area contributed by atoms with Crippen molar-refractivity contribution in [3.63, 3.8) is 0 Å². The largest absolute Gasteiger partial charge is 0.351 e. The molecule has 1 aliphatic rings. The van der Waals surface area contributed by atoms with E-state index in [4.69, 9.17) is 0 Å². The lowest BCUT2D eigenvalue weighted by Gasteiger charge is -2.36. The van der Waals surface area contributed by atoms with Gasteiger partial charge in [-0.2, -0.15) is 0 Å². The third kappa shape index (κ3) is 3.54. The third-order valence-corrected chi connectivity index (χ3v) is 3.89. The van der Waals surface area contributed by atoms with Crippen LogP contribution < -0.4 is 10.6 Å². The molecule has 20 heavy (non-hydrogen) atoms. The standard InChI is InChI=1S/C15H20F2N2O/c1-9-5-6-18-10(2)15(9)19-14(20)8-11-3-4-12(16)13(17)7-11/h3-4,7,9-10,15,18H,5-6,8H2,1-2H3,(H,19,20). The number of nitrogens with one attached hydrogen (secondary N) is 2. The molecule has 1 aromatic carbocycles. The van der Waals surface area contributed by atoms with Gasteiger partial charge in [0.15, 0.2) is 11.6 Å². The minimum absolute atomic E-state index is 0.0626. The number of hydrogen-bond acceptors (Lipinski definition) is 2. The minimum atomic E-state index is -0.920. The van der Waals surface area contributed by atoms with Crippen molar-refractivity contribution >= 4 is 5.91 Å². The van der Waals surface area contributed by atoms with Crippen LogP contribution in [0.3, 0.4) is 0 Å². The Balaban J connectivity index is 1.96. The fraction of sp³-hybridized carbons (Fsp3) is 0.533. The minimum Gasteiger partial charge on any atom is -0.351 e. The number of carbonyl (C=O) groups excluding carboxylic acids is 1. The molecular formula is C15H20F2N2O. The van der Waals surface area contributed by atoms with E-state index in [1.807, 2.05) is 6.92 Å². The van der Waals surface area contributed by atoms with Gasteiger partial charge in [-0.05, 0) is 43.5 Å². The van der Waals surface area contributed by atoms with Crippen LogP contribution in [0.4, 0.5) is 8.78 Å². The molecule has 1 amide bonds. The summed E-state index contributed by atoms with van der Waals surface area (Å²) in [5.41, 5.74) is 0.477. The highest BCUT2D eigenvalue weighted by Gasteiger charge is 2.28. The van der Waals surface area contributed by atoms with Crippen molar-refractivity contribution in [1.29, 1.82) is 0 Å². The van der Waals surface area contributed by atoms with Crippen LogP contribution in [-0.2, 0) is 11.2 Å². The Labute approximate surface area is 117 Å². The molecule has 1 aromatic rings. The lowest BCUT2D eigenvalue weighted by Crippen LogP contribution is -2.56. The van der Waals surface area contributed by atoms with Gasteiger partial charge in [0.25, 0.3) is 0 Å². The van der Waals surface area contributed by atoms with Crippen molar-refractivity contribution in [2.75, 3.05) is 6.54 Å². The highest BCUT2D eigenvalue weighted by atomic mass is 19.2. The topological polar surface area (TPSA) is 41.1 Å². The first-order valence-electron chi connectivity index (χ1n) is 6.94. The van der Waals surface area contributed by atoms with Gasteiger partial charge in [-0.1, -0.05) is 13.0 Å². The maximum absolute atomic E-state index is 13.1. The quantitative estimate of drug-likeness (QED) is 0.890. The zero-order chi connectivity index (χ0) is 14.7. The van der Waals surface area contributed by atoms with Crippen LogP contribution in [0.25, 0.3) is 0 Å². The zero-order valence-corrected chi connectivity index (χ0v) is 11.7. The second-order valence-corrected chi connectivity index (χ2v) is 5.53. The van der Waals surface area contributed by atoms with Crippen LogP contribution in [0.5, 0.6) is 0 Å². The predicted molar refractivity (Wildman–Crippen MR) is 73.2 cm³/mol. The molecule has 0 spiro atoms. The van der Waals surface area contributed by atoms with E-state index in [-0.39, 0.29) is 24.4 Å². The summed E-state index contributed by atoms with van der Waals surface area (Å²) in [6, 6.07) is 3.84. The molecular weight excluding hydrogens is 262 g/mol. The number of halogens is 2. The Morgan fingerprint density at radius 2 is 2.10 bits per heavy atom. The summed E-state index contributed by atoms with van der Waals surface area (Å²) in [5.74, 6) is -1.58. The van der Waals surface area contributed by atoms with E-state index in [2.05, 4.69) is 17.6 Å². The fourth-order valence-corrected chi connectivity index (χ4v) is 2.68. The summed E-state index contributed by atoms with van der Waals surface area (Å²) in [6.45, 7) is 5.11. The van der Waals surface area contributed by atoms with Crippen molar-refractivity contribution in [2.45, 2.75) is 38.8 Å². The van der Waals surface area contributed by atoms with Gasteiger partial charge in [-0.3, -0.25) is 4.79 Å². The number of piperidine rings is 1. The van der Waals surface area contributed by atoms with Gasteiger partial charge in [0.2, 0.25) is 5.91 Å². The molecule has 3 nitrogen and oxygen atoms in total. The van der Waals surface area contributed by atoms with Crippen LogP contribution in [0, 0.1) is 17.6 Å². The average molecular weight is 282 g/mol. The molecule has 1 aliphatic heterocycles. The molecule has 5 heteroatoms. The lowest BCUT2D eigenvalue weighted by molar-refractivity contribution is -0.121. The molecule has 0 radical (unpaired) electrons. The third-order valence-electron chi connectivity index (χ3n) is 3.89. The van der Waals surface area contributed by atoms with E-state index in [0.717, 1.165) is 25.1 Å². The Morgan fingerprint density at radius 3 is 2.75 bits per heavy atom. The van der Waals surface area contributed by atoms with E-state index >= 15 is 0 Å². The molecule has 2 N–H and O–H groups in total. The van der Waals surface area contributed by atoms with Crippen molar-refractivity contribution in [3.05, 3.63) is 35.4 Å². The van der Waals surface area contributed by atoms with Crippen LogP contribution in [0.15, 0.2) is 18.2 Å². The number of benzene rings is 1. The van der Waals surface area contributed by atoms with Crippen molar-refractivity contribution in [2.24, 2.45) is 5.92 Å². The lowest BCUT2D eigenvalue weighted by atomic mass is 9.89.